The van der Waals surface area contributed by atoms with Crippen molar-refractivity contribution in [1.29, 1.82) is 0 Å². The summed E-state index contributed by atoms with van der Waals surface area (Å²) < 4.78 is 14.9. The Bertz CT molecular complexity index is 833. The van der Waals surface area contributed by atoms with Crippen molar-refractivity contribution in [2.45, 2.75) is 0 Å². The van der Waals surface area contributed by atoms with Gasteiger partial charge in [0.1, 0.15) is 17.2 Å². The molecule has 0 spiro atoms. The van der Waals surface area contributed by atoms with Crippen molar-refractivity contribution in [3.63, 3.8) is 0 Å². The maximum absolute atomic E-state index is 13.0. The van der Waals surface area contributed by atoms with Crippen molar-refractivity contribution in [2.75, 3.05) is 31.1 Å². The van der Waals surface area contributed by atoms with Gasteiger partial charge in [-0.2, -0.15) is 0 Å². The number of benzene rings is 1. The predicted octanol–water partition coefficient (Wildman–Crippen LogP) is 2.44. The lowest BCUT2D eigenvalue weighted by Gasteiger charge is -2.35. The molecule has 0 atom stereocenters. The number of carbonyl (C=O) groups is 1. The lowest BCUT2D eigenvalue weighted by molar-refractivity contribution is 0.0741. The minimum Gasteiger partial charge on any atom is -0.368 e. The number of amides is 1. The highest BCUT2D eigenvalue weighted by atomic mass is 19.1. The number of pyridine rings is 1. The van der Waals surface area contributed by atoms with Crippen LogP contribution in [0.1, 0.15) is 10.5 Å². The van der Waals surface area contributed by atoms with Gasteiger partial charge in [0.25, 0.3) is 5.91 Å². The molecule has 1 fully saturated rings. The Morgan fingerprint density at radius 2 is 1.75 bits per heavy atom. The molecule has 0 N–H and O–H groups in total. The Kier molecular flexibility index (Phi) is 3.65. The maximum atomic E-state index is 13.0. The maximum Gasteiger partial charge on any atom is 0.274 e. The molecule has 0 aliphatic carbocycles. The van der Waals surface area contributed by atoms with Crippen molar-refractivity contribution in [3.8, 4) is 0 Å². The van der Waals surface area contributed by atoms with E-state index in [4.69, 9.17) is 0 Å². The van der Waals surface area contributed by atoms with E-state index in [0.717, 1.165) is 24.4 Å². The monoisotopic (exact) mass is 324 g/mol. The molecule has 0 unspecified atom stereocenters. The van der Waals surface area contributed by atoms with Crippen LogP contribution >= 0.6 is 0 Å². The highest BCUT2D eigenvalue weighted by Gasteiger charge is 2.24. The second-order valence-electron chi connectivity index (χ2n) is 5.85. The number of anilines is 1. The molecule has 1 aliphatic heterocycles. The van der Waals surface area contributed by atoms with Crippen LogP contribution in [0.4, 0.5) is 10.1 Å². The summed E-state index contributed by atoms with van der Waals surface area (Å²) in [4.78, 5) is 21.0. The fourth-order valence-corrected chi connectivity index (χ4v) is 3.02. The summed E-state index contributed by atoms with van der Waals surface area (Å²) in [5.74, 6) is -0.281. The SMILES string of the molecule is O=C(c1cn2ccccc2n1)N1CCN(c2ccc(F)cc2)CC1. The lowest BCUT2D eigenvalue weighted by Crippen LogP contribution is -2.48. The smallest absolute Gasteiger partial charge is 0.274 e. The normalized spacial score (nSPS) is 15.0. The lowest BCUT2D eigenvalue weighted by atomic mass is 10.2. The van der Waals surface area contributed by atoms with Crippen molar-refractivity contribution in [3.05, 3.63) is 66.4 Å². The molecular formula is C18H17FN4O. The van der Waals surface area contributed by atoms with Crippen LogP contribution in [0.15, 0.2) is 54.9 Å². The average Bonchev–Trinajstić information content (AvgIpc) is 3.06. The zero-order valence-corrected chi connectivity index (χ0v) is 13.1. The van der Waals surface area contributed by atoms with Gasteiger partial charge in [0.05, 0.1) is 0 Å². The fourth-order valence-electron chi connectivity index (χ4n) is 3.02. The minimum absolute atomic E-state index is 0.0440. The third kappa shape index (κ3) is 2.71. The van der Waals surface area contributed by atoms with Crippen LogP contribution in [-0.2, 0) is 0 Å². The van der Waals surface area contributed by atoms with E-state index in [2.05, 4.69) is 9.88 Å². The molecule has 4 rings (SSSR count). The number of nitrogens with zero attached hydrogens (tertiary/aromatic N) is 4. The highest BCUT2D eigenvalue weighted by molar-refractivity contribution is 5.93. The summed E-state index contributed by atoms with van der Waals surface area (Å²) in [6.07, 6.45) is 3.65. The Morgan fingerprint density at radius 1 is 1.00 bits per heavy atom. The summed E-state index contributed by atoms with van der Waals surface area (Å²) in [5, 5.41) is 0. The van der Waals surface area contributed by atoms with Crippen molar-refractivity contribution in [2.24, 2.45) is 0 Å². The molecule has 24 heavy (non-hydrogen) atoms. The first kappa shape index (κ1) is 14.7. The van der Waals surface area contributed by atoms with Gasteiger partial charge >= 0.3 is 0 Å². The standard InChI is InChI=1S/C18H17FN4O/c19-14-4-6-15(7-5-14)21-9-11-22(12-10-21)18(24)16-13-23-8-2-1-3-17(23)20-16/h1-8,13H,9-12H2. The Balaban J connectivity index is 1.45. The molecule has 3 heterocycles. The minimum atomic E-state index is -0.237. The molecule has 1 amide bonds. The summed E-state index contributed by atoms with van der Waals surface area (Å²) in [6, 6.07) is 12.2. The molecule has 0 saturated carbocycles. The molecule has 0 radical (unpaired) electrons. The van der Waals surface area contributed by atoms with E-state index in [1.807, 2.05) is 33.7 Å². The van der Waals surface area contributed by atoms with Crippen LogP contribution in [0.3, 0.4) is 0 Å². The average molecular weight is 324 g/mol. The Labute approximate surface area is 138 Å². The zero-order chi connectivity index (χ0) is 16.5. The number of fused-ring (bicyclic) bond motifs is 1. The molecule has 1 aromatic carbocycles. The highest BCUT2D eigenvalue weighted by Crippen LogP contribution is 2.18. The van der Waals surface area contributed by atoms with E-state index < -0.39 is 0 Å². The summed E-state index contributed by atoms with van der Waals surface area (Å²) in [6.45, 7) is 2.71. The molecule has 1 saturated heterocycles. The van der Waals surface area contributed by atoms with E-state index >= 15 is 0 Å². The fraction of sp³-hybridized carbons (Fsp3) is 0.222. The van der Waals surface area contributed by atoms with E-state index in [-0.39, 0.29) is 11.7 Å². The number of imidazole rings is 1. The molecule has 5 nitrogen and oxygen atoms in total. The summed E-state index contributed by atoms with van der Waals surface area (Å²) in [7, 11) is 0. The Hall–Kier alpha value is -2.89. The van der Waals surface area contributed by atoms with Gasteiger partial charge in [0, 0.05) is 44.3 Å². The van der Waals surface area contributed by atoms with E-state index in [9.17, 15) is 9.18 Å². The van der Waals surface area contributed by atoms with Gasteiger partial charge in [-0.1, -0.05) is 6.07 Å². The van der Waals surface area contributed by atoms with Gasteiger partial charge < -0.3 is 14.2 Å². The molecular weight excluding hydrogens is 307 g/mol. The first-order valence-corrected chi connectivity index (χ1v) is 7.94. The van der Waals surface area contributed by atoms with Crippen molar-refractivity contribution in [1.82, 2.24) is 14.3 Å². The third-order valence-corrected chi connectivity index (χ3v) is 4.34. The molecule has 1 aliphatic rings. The topological polar surface area (TPSA) is 40.9 Å². The number of hydrogen-bond donors (Lipinski definition) is 0. The van der Waals surface area contributed by atoms with Gasteiger partial charge in [0.15, 0.2) is 0 Å². The molecule has 6 heteroatoms. The van der Waals surface area contributed by atoms with Crippen molar-refractivity contribution < 1.29 is 9.18 Å². The quantitative estimate of drug-likeness (QED) is 0.727. The first-order valence-electron chi connectivity index (χ1n) is 7.94. The van der Waals surface area contributed by atoms with Crippen LogP contribution in [0.2, 0.25) is 0 Å². The van der Waals surface area contributed by atoms with Gasteiger partial charge in [-0.15, -0.1) is 0 Å². The zero-order valence-electron chi connectivity index (χ0n) is 13.1. The van der Waals surface area contributed by atoms with E-state index in [1.54, 1.807) is 18.3 Å². The van der Waals surface area contributed by atoms with Gasteiger partial charge in [-0.25, -0.2) is 9.37 Å². The van der Waals surface area contributed by atoms with Crippen LogP contribution < -0.4 is 4.90 Å². The largest absolute Gasteiger partial charge is 0.368 e. The number of hydrogen-bond acceptors (Lipinski definition) is 3. The number of piperazine rings is 1. The van der Waals surface area contributed by atoms with E-state index in [1.165, 1.54) is 12.1 Å². The number of rotatable bonds is 2. The van der Waals surface area contributed by atoms with Gasteiger partial charge in [-0.05, 0) is 36.4 Å². The molecule has 122 valence electrons. The van der Waals surface area contributed by atoms with Gasteiger partial charge in [0.2, 0.25) is 0 Å². The second-order valence-corrected chi connectivity index (χ2v) is 5.85. The third-order valence-electron chi connectivity index (χ3n) is 4.34. The predicted molar refractivity (Wildman–Crippen MR) is 89.7 cm³/mol. The number of halogens is 1. The van der Waals surface area contributed by atoms with Crippen LogP contribution in [0.5, 0.6) is 0 Å². The second kappa shape index (κ2) is 5.96. The van der Waals surface area contributed by atoms with Gasteiger partial charge in [-0.3, -0.25) is 4.79 Å². The van der Waals surface area contributed by atoms with Crippen LogP contribution in [0, 0.1) is 5.82 Å². The summed E-state index contributed by atoms with van der Waals surface area (Å²) >= 11 is 0. The number of carbonyl (C=O) groups excluding carboxylic acids is 1. The molecule has 2 aromatic heterocycles. The molecule has 0 bridgehead atoms. The molecule has 3 aromatic rings. The van der Waals surface area contributed by atoms with E-state index in [0.29, 0.717) is 18.8 Å². The Morgan fingerprint density at radius 3 is 2.46 bits per heavy atom. The first-order chi connectivity index (χ1) is 11.7. The van der Waals surface area contributed by atoms with Crippen LogP contribution in [0.25, 0.3) is 5.65 Å². The summed E-state index contributed by atoms with van der Waals surface area (Å²) in [5.41, 5.74) is 2.22. The number of aromatic nitrogens is 2. The van der Waals surface area contributed by atoms with Crippen molar-refractivity contribution >= 4 is 17.2 Å². The van der Waals surface area contributed by atoms with Crippen LogP contribution in [-0.4, -0.2) is 46.4 Å².